The Hall–Kier alpha value is -2.55. The zero-order chi connectivity index (χ0) is 15.5. The molecule has 0 spiro atoms. The van der Waals surface area contributed by atoms with Crippen LogP contribution in [0, 0.1) is 17.1 Å². The lowest BCUT2D eigenvalue weighted by atomic mass is 10.0. The third-order valence-corrected chi connectivity index (χ3v) is 2.73. The molecule has 2 aromatic carbocycles. The Morgan fingerprint density at radius 2 is 1.81 bits per heavy atom. The highest BCUT2D eigenvalue weighted by Crippen LogP contribution is 2.30. The number of halogens is 4. The quantitative estimate of drug-likeness (QED) is 0.783. The smallest absolute Gasteiger partial charge is 0.406 e. The second-order valence-corrected chi connectivity index (χ2v) is 4.19. The van der Waals surface area contributed by atoms with Gasteiger partial charge in [0.15, 0.2) is 0 Å². The van der Waals surface area contributed by atoms with Crippen LogP contribution in [-0.2, 0) is 6.42 Å². The Bertz CT molecular complexity index is 689. The lowest BCUT2D eigenvalue weighted by molar-refractivity contribution is -0.274. The molecule has 0 saturated carbocycles. The number of rotatable bonds is 3. The predicted octanol–water partition coefficient (Wildman–Crippen LogP) is 4.46. The molecule has 0 fully saturated rings. The summed E-state index contributed by atoms with van der Waals surface area (Å²) in [6.07, 6.45) is -4.92. The summed E-state index contributed by atoms with van der Waals surface area (Å²) in [7, 11) is 0. The average Bonchev–Trinajstić information content (AvgIpc) is 2.40. The maximum Gasteiger partial charge on any atom is 0.573 e. The SMILES string of the molecule is N#CCc1cccc(-c2cccc(OC(F)(F)F)c2)c1F. The Morgan fingerprint density at radius 1 is 1.10 bits per heavy atom. The van der Waals surface area contributed by atoms with Crippen LogP contribution in [0.15, 0.2) is 42.5 Å². The van der Waals surface area contributed by atoms with Gasteiger partial charge in [0.05, 0.1) is 12.5 Å². The molecule has 0 radical (unpaired) electrons. The summed E-state index contributed by atoms with van der Waals surface area (Å²) < 4.78 is 54.6. The molecule has 0 aliphatic rings. The molecule has 2 nitrogen and oxygen atoms in total. The third-order valence-electron chi connectivity index (χ3n) is 2.73. The van der Waals surface area contributed by atoms with Crippen molar-refractivity contribution in [1.29, 1.82) is 5.26 Å². The Labute approximate surface area is 118 Å². The molecule has 0 atom stereocenters. The van der Waals surface area contributed by atoms with E-state index in [2.05, 4.69) is 4.74 Å². The van der Waals surface area contributed by atoms with E-state index in [9.17, 15) is 17.6 Å². The first-order valence-corrected chi connectivity index (χ1v) is 5.91. The maximum absolute atomic E-state index is 14.2. The molecule has 108 valence electrons. The van der Waals surface area contributed by atoms with Gasteiger partial charge in [-0.15, -0.1) is 13.2 Å². The zero-order valence-electron chi connectivity index (χ0n) is 10.6. The third kappa shape index (κ3) is 3.72. The largest absolute Gasteiger partial charge is 0.573 e. The highest BCUT2D eigenvalue weighted by molar-refractivity contribution is 5.66. The van der Waals surface area contributed by atoms with Gasteiger partial charge in [0, 0.05) is 11.1 Å². The lowest BCUT2D eigenvalue weighted by Gasteiger charge is -2.11. The first-order chi connectivity index (χ1) is 9.90. The van der Waals surface area contributed by atoms with Gasteiger partial charge in [-0.2, -0.15) is 5.26 Å². The summed E-state index contributed by atoms with van der Waals surface area (Å²) in [5.74, 6) is -1.05. The van der Waals surface area contributed by atoms with Crippen molar-refractivity contribution < 1.29 is 22.3 Å². The van der Waals surface area contributed by atoms with Crippen molar-refractivity contribution in [3.8, 4) is 22.9 Å². The van der Waals surface area contributed by atoms with E-state index in [-0.39, 0.29) is 23.1 Å². The maximum atomic E-state index is 14.2. The second kappa shape index (κ2) is 5.83. The van der Waals surface area contributed by atoms with Crippen LogP contribution < -0.4 is 4.74 Å². The van der Waals surface area contributed by atoms with Crippen LogP contribution in [0.1, 0.15) is 5.56 Å². The molecule has 0 aliphatic carbocycles. The molecular formula is C15H9F4NO. The Balaban J connectivity index is 2.41. The standard InChI is InChI=1S/C15H9F4NO/c16-14-10(7-8-20)3-2-6-13(14)11-4-1-5-12(9-11)21-15(17,18)19/h1-6,9H,7H2. The number of hydrogen-bond donors (Lipinski definition) is 0. The fraction of sp³-hybridized carbons (Fsp3) is 0.133. The monoisotopic (exact) mass is 295 g/mol. The number of benzene rings is 2. The summed E-state index contributed by atoms with van der Waals surface area (Å²) in [6, 6.07) is 11.3. The fourth-order valence-corrected chi connectivity index (χ4v) is 1.89. The average molecular weight is 295 g/mol. The van der Waals surface area contributed by atoms with Gasteiger partial charge in [-0.1, -0.05) is 30.3 Å². The molecule has 0 N–H and O–H groups in total. The van der Waals surface area contributed by atoms with Crippen LogP contribution in [0.25, 0.3) is 11.1 Å². The molecule has 0 aliphatic heterocycles. The number of hydrogen-bond acceptors (Lipinski definition) is 2. The number of nitriles is 1. The summed E-state index contributed by atoms with van der Waals surface area (Å²) in [6.45, 7) is 0. The summed E-state index contributed by atoms with van der Waals surface area (Å²) >= 11 is 0. The minimum atomic E-state index is -4.81. The number of alkyl halides is 3. The Morgan fingerprint density at radius 3 is 2.48 bits per heavy atom. The van der Waals surface area contributed by atoms with E-state index in [0.29, 0.717) is 0 Å². The highest BCUT2D eigenvalue weighted by Gasteiger charge is 2.31. The van der Waals surface area contributed by atoms with Crippen molar-refractivity contribution in [1.82, 2.24) is 0 Å². The van der Waals surface area contributed by atoms with Gasteiger partial charge in [0.25, 0.3) is 0 Å². The van der Waals surface area contributed by atoms with Crippen molar-refractivity contribution in [2.45, 2.75) is 12.8 Å². The first kappa shape index (κ1) is 14.9. The van der Waals surface area contributed by atoms with Crippen LogP contribution in [0.2, 0.25) is 0 Å². The van der Waals surface area contributed by atoms with Gasteiger partial charge in [-0.25, -0.2) is 4.39 Å². The van der Waals surface area contributed by atoms with E-state index >= 15 is 0 Å². The molecular weight excluding hydrogens is 286 g/mol. The lowest BCUT2D eigenvalue weighted by Crippen LogP contribution is -2.17. The van der Waals surface area contributed by atoms with Gasteiger partial charge in [0.1, 0.15) is 11.6 Å². The number of ether oxygens (including phenoxy) is 1. The van der Waals surface area contributed by atoms with Crippen LogP contribution >= 0.6 is 0 Å². The van der Waals surface area contributed by atoms with E-state index in [1.165, 1.54) is 24.3 Å². The van der Waals surface area contributed by atoms with Crippen molar-refractivity contribution in [2.75, 3.05) is 0 Å². The Kier molecular flexibility index (Phi) is 4.13. The van der Waals surface area contributed by atoms with Crippen molar-refractivity contribution in [2.24, 2.45) is 0 Å². The van der Waals surface area contributed by atoms with Crippen molar-refractivity contribution in [3.63, 3.8) is 0 Å². The van der Waals surface area contributed by atoms with Gasteiger partial charge in [-0.05, 0) is 17.7 Å². The first-order valence-electron chi connectivity index (χ1n) is 5.91. The molecule has 6 heteroatoms. The van der Waals surface area contributed by atoms with E-state index in [1.807, 2.05) is 6.07 Å². The highest BCUT2D eigenvalue weighted by atomic mass is 19.4. The molecule has 21 heavy (non-hydrogen) atoms. The van der Waals surface area contributed by atoms with E-state index in [0.717, 1.165) is 12.1 Å². The minimum absolute atomic E-state index is 0.113. The van der Waals surface area contributed by atoms with Crippen LogP contribution in [0.5, 0.6) is 5.75 Å². The van der Waals surface area contributed by atoms with Crippen LogP contribution in [0.4, 0.5) is 17.6 Å². The molecule has 0 heterocycles. The topological polar surface area (TPSA) is 33.0 Å². The summed E-state index contributed by atoms with van der Waals surface area (Å²) in [5, 5.41) is 8.62. The van der Waals surface area contributed by atoms with Crippen molar-refractivity contribution in [3.05, 3.63) is 53.8 Å². The molecule has 0 amide bonds. The van der Waals surface area contributed by atoms with E-state index in [1.54, 1.807) is 6.07 Å². The van der Waals surface area contributed by atoms with Crippen molar-refractivity contribution >= 4 is 0 Å². The molecule has 0 saturated heterocycles. The normalized spacial score (nSPS) is 11.0. The molecule has 2 rings (SSSR count). The minimum Gasteiger partial charge on any atom is -0.406 e. The van der Waals surface area contributed by atoms with E-state index in [4.69, 9.17) is 5.26 Å². The fourth-order valence-electron chi connectivity index (χ4n) is 1.89. The zero-order valence-corrected chi connectivity index (χ0v) is 10.6. The van der Waals surface area contributed by atoms with Crippen LogP contribution in [0.3, 0.4) is 0 Å². The van der Waals surface area contributed by atoms with Gasteiger partial charge in [-0.3, -0.25) is 0 Å². The molecule has 0 aromatic heterocycles. The summed E-state index contributed by atoms with van der Waals surface area (Å²) in [4.78, 5) is 0. The summed E-state index contributed by atoms with van der Waals surface area (Å²) in [5.41, 5.74) is 0.557. The second-order valence-electron chi connectivity index (χ2n) is 4.19. The van der Waals surface area contributed by atoms with E-state index < -0.39 is 17.9 Å². The molecule has 0 bridgehead atoms. The van der Waals surface area contributed by atoms with Crippen LogP contribution in [-0.4, -0.2) is 6.36 Å². The van der Waals surface area contributed by atoms with Gasteiger partial charge in [0.2, 0.25) is 0 Å². The number of nitrogens with zero attached hydrogens (tertiary/aromatic N) is 1. The molecule has 0 unspecified atom stereocenters. The van der Waals surface area contributed by atoms with Gasteiger partial charge < -0.3 is 4.74 Å². The van der Waals surface area contributed by atoms with Gasteiger partial charge >= 0.3 is 6.36 Å². The predicted molar refractivity (Wildman–Crippen MR) is 67.8 cm³/mol. The molecule has 2 aromatic rings.